The minimum absolute atomic E-state index is 0.160. The molecule has 5 atom stereocenters. The fraction of sp³-hybridized carbons (Fsp3) is 0.783. The first-order valence-corrected chi connectivity index (χ1v) is 24.2. The number of hydrogen-bond acceptors (Lipinski definition) is 10. The van der Waals surface area contributed by atoms with Crippen LogP contribution in [0.3, 0.4) is 0 Å². The van der Waals surface area contributed by atoms with E-state index in [1.165, 1.54) is 89.9 Å². The summed E-state index contributed by atoms with van der Waals surface area (Å²) in [6, 6.07) is 0. The van der Waals surface area contributed by atoms with Gasteiger partial charge in [-0.15, -0.1) is 0 Å². The fourth-order valence-corrected chi connectivity index (χ4v) is 7.04. The number of esters is 2. The van der Waals surface area contributed by atoms with Crippen LogP contribution in [0.5, 0.6) is 0 Å². The predicted octanol–water partition coefficient (Wildman–Crippen LogP) is 11.1. The average Bonchev–Trinajstić information content (AvgIpc) is 3.97. The summed E-state index contributed by atoms with van der Waals surface area (Å²) in [4.78, 5) is 35.0. The highest BCUT2D eigenvalue weighted by molar-refractivity contribution is 7.47. The summed E-state index contributed by atoms with van der Waals surface area (Å²) in [6.07, 6.45) is 42.5. The van der Waals surface area contributed by atoms with Crippen molar-refractivity contribution in [1.29, 1.82) is 0 Å². The van der Waals surface area contributed by atoms with E-state index in [1.54, 1.807) is 0 Å². The van der Waals surface area contributed by atoms with Gasteiger partial charge in [-0.25, -0.2) is 4.57 Å². The highest BCUT2D eigenvalue weighted by atomic mass is 31.2. The summed E-state index contributed by atoms with van der Waals surface area (Å²) in [5.74, 6) is -1.00. The molecular weight excluding hydrogens is 759 g/mol. The maximum Gasteiger partial charge on any atom is 0.472 e. The SMILES string of the molecule is CCCCCCCC/C=C\CCCCCCCCCC(=O)O[C@H](COC(=O)CCC/C=C\C/C=C\C/C=C\CC1OC1CCCCC)COP(=O)(O)OC[C@@H](O)CO. The third-order valence-electron chi connectivity index (χ3n) is 9.88. The summed E-state index contributed by atoms with van der Waals surface area (Å²) in [5, 5.41) is 18.3. The zero-order valence-corrected chi connectivity index (χ0v) is 37.1. The summed E-state index contributed by atoms with van der Waals surface area (Å²) in [5.41, 5.74) is 0. The first kappa shape index (κ1) is 53.9. The highest BCUT2D eigenvalue weighted by Crippen LogP contribution is 2.43. The van der Waals surface area contributed by atoms with Crippen molar-refractivity contribution in [1.82, 2.24) is 0 Å². The number of hydrogen-bond donors (Lipinski definition) is 3. The topological polar surface area (TPSA) is 161 Å². The Morgan fingerprint density at radius 1 is 0.621 bits per heavy atom. The van der Waals surface area contributed by atoms with E-state index in [0.29, 0.717) is 31.5 Å². The molecule has 0 saturated carbocycles. The first-order valence-electron chi connectivity index (χ1n) is 22.7. The van der Waals surface area contributed by atoms with Crippen LogP contribution in [0.15, 0.2) is 48.6 Å². The van der Waals surface area contributed by atoms with Gasteiger partial charge in [0.2, 0.25) is 0 Å². The largest absolute Gasteiger partial charge is 0.472 e. The van der Waals surface area contributed by atoms with E-state index in [9.17, 15) is 24.2 Å². The number of carbonyl (C=O) groups is 2. The lowest BCUT2D eigenvalue weighted by Gasteiger charge is -2.20. The number of ether oxygens (including phenoxy) is 3. The molecule has 0 bridgehead atoms. The van der Waals surface area contributed by atoms with Gasteiger partial charge in [0, 0.05) is 12.8 Å². The quantitative estimate of drug-likeness (QED) is 0.0177. The van der Waals surface area contributed by atoms with E-state index in [1.807, 2.05) is 6.08 Å². The van der Waals surface area contributed by atoms with E-state index in [0.717, 1.165) is 44.9 Å². The predicted molar refractivity (Wildman–Crippen MR) is 232 cm³/mol. The minimum Gasteiger partial charge on any atom is -0.462 e. The van der Waals surface area contributed by atoms with E-state index >= 15 is 0 Å². The first-order chi connectivity index (χ1) is 28.2. The van der Waals surface area contributed by atoms with E-state index in [2.05, 4.69) is 60.9 Å². The van der Waals surface area contributed by atoms with Crippen LogP contribution in [0.1, 0.15) is 181 Å². The number of unbranched alkanes of at least 4 members (excludes halogenated alkanes) is 16. The Hall–Kier alpha value is -2.11. The van der Waals surface area contributed by atoms with Crippen molar-refractivity contribution in [3.05, 3.63) is 48.6 Å². The maximum absolute atomic E-state index is 12.6. The van der Waals surface area contributed by atoms with Crippen LogP contribution < -0.4 is 0 Å². The molecule has 1 saturated heterocycles. The molecule has 58 heavy (non-hydrogen) atoms. The van der Waals surface area contributed by atoms with Gasteiger partial charge in [-0.3, -0.25) is 18.6 Å². The lowest BCUT2D eigenvalue weighted by Crippen LogP contribution is -2.29. The number of allylic oxidation sites excluding steroid dienone is 7. The van der Waals surface area contributed by atoms with Crippen LogP contribution in [0.2, 0.25) is 0 Å². The number of epoxide rings is 1. The Morgan fingerprint density at radius 2 is 1.14 bits per heavy atom. The molecule has 0 aromatic heterocycles. The number of aliphatic hydroxyl groups excluding tert-OH is 2. The van der Waals surface area contributed by atoms with Crippen LogP contribution in [0.4, 0.5) is 0 Å². The summed E-state index contributed by atoms with van der Waals surface area (Å²) < 4.78 is 38.4. The third kappa shape index (κ3) is 34.7. The number of aliphatic hydroxyl groups is 2. The van der Waals surface area contributed by atoms with E-state index in [-0.39, 0.29) is 19.4 Å². The Labute approximate surface area is 351 Å². The fourth-order valence-electron chi connectivity index (χ4n) is 6.25. The standard InChI is InChI=1S/C46H81O11P/c1-3-5-7-8-9-10-11-12-13-14-15-16-17-22-25-28-32-36-46(50)56-42(40-55-58(51,52)54-38-41(48)37-47)39-53-45(49)35-31-27-24-21-19-18-20-23-26-30-34-44-43(57-44)33-29-6-4-2/h12-13,18,20-21,24,26,30,41-44,47-48H,3-11,14-17,19,22-23,25,27-29,31-40H2,1-2H3,(H,51,52)/b13-12-,20-18-,24-21-,30-26-/t41-,42+,43?,44?/m0/s1. The third-order valence-corrected chi connectivity index (χ3v) is 10.8. The molecule has 1 rings (SSSR count). The van der Waals surface area contributed by atoms with Gasteiger partial charge in [0.15, 0.2) is 6.10 Å². The van der Waals surface area contributed by atoms with Crippen molar-refractivity contribution in [3.8, 4) is 0 Å². The molecule has 336 valence electrons. The zero-order valence-electron chi connectivity index (χ0n) is 36.2. The molecule has 0 radical (unpaired) electrons. The molecule has 0 amide bonds. The van der Waals surface area contributed by atoms with Gasteiger partial charge in [-0.05, 0) is 70.6 Å². The molecule has 1 heterocycles. The smallest absolute Gasteiger partial charge is 0.462 e. The summed E-state index contributed by atoms with van der Waals surface area (Å²) in [6.45, 7) is 2.27. The van der Waals surface area contributed by atoms with Crippen LogP contribution >= 0.6 is 7.82 Å². The van der Waals surface area contributed by atoms with Gasteiger partial charge in [0.1, 0.15) is 12.7 Å². The Kier molecular flexibility index (Phi) is 35.2. The maximum atomic E-state index is 12.6. The molecule has 3 unspecified atom stereocenters. The van der Waals surface area contributed by atoms with Gasteiger partial charge in [0.25, 0.3) is 0 Å². The van der Waals surface area contributed by atoms with Crippen LogP contribution in [-0.2, 0) is 37.4 Å². The van der Waals surface area contributed by atoms with Crippen molar-refractivity contribution >= 4 is 19.8 Å². The molecule has 0 aliphatic carbocycles. The van der Waals surface area contributed by atoms with Gasteiger partial charge in [0.05, 0.1) is 32.0 Å². The van der Waals surface area contributed by atoms with Crippen LogP contribution in [0, 0.1) is 0 Å². The lowest BCUT2D eigenvalue weighted by atomic mass is 10.1. The van der Waals surface area contributed by atoms with E-state index < -0.39 is 51.8 Å². The van der Waals surface area contributed by atoms with Crippen molar-refractivity contribution in [2.45, 2.75) is 205 Å². The number of carbonyl (C=O) groups excluding carboxylic acids is 2. The van der Waals surface area contributed by atoms with Crippen molar-refractivity contribution < 1.29 is 52.5 Å². The molecule has 1 aliphatic heterocycles. The molecule has 1 aliphatic rings. The normalized spacial score (nSPS) is 17.7. The van der Waals surface area contributed by atoms with E-state index in [4.69, 9.17) is 23.8 Å². The van der Waals surface area contributed by atoms with Crippen molar-refractivity contribution in [3.63, 3.8) is 0 Å². The molecule has 3 N–H and O–H groups in total. The Balaban J connectivity index is 2.27. The van der Waals surface area contributed by atoms with Crippen molar-refractivity contribution in [2.75, 3.05) is 26.4 Å². The highest BCUT2D eigenvalue weighted by Gasteiger charge is 2.36. The molecular formula is C46H81O11P. The lowest BCUT2D eigenvalue weighted by molar-refractivity contribution is -0.161. The number of rotatable bonds is 41. The minimum atomic E-state index is -4.64. The van der Waals surface area contributed by atoms with Gasteiger partial charge < -0.3 is 29.3 Å². The summed E-state index contributed by atoms with van der Waals surface area (Å²) in [7, 11) is -4.64. The molecule has 11 nitrogen and oxygen atoms in total. The monoisotopic (exact) mass is 841 g/mol. The van der Waals surface area contributed by atoms with Gasteiger partial charge in [-0.2, -0.15) is 0 Å². The average molecular weight is 841 g/mol. The second kappa shape index (κ2) is 37.9. The number of phosphoric acid groups is 1. The second-order valence-electron chi connectivity index (χ2n) is 15.5. The van der Waals surface area contributed by atoms with Crippen LogP contribution in [0.25, 0.3) is 0 Å². The van der Waals surface area contributed by atoms with Crippen LogP contribution in [-0.4, -0.2) is 77.9 Å². The molecule has 0 spiro atoms. The summed E-state index contributed by atoms with van der Waals surface area (Å²) >= 11 is 0. The van der Waals surface area contributed by atoms with Gasteiger partial charge in [-0.1, -0.05) is 146 Å². The van der Waals surface area contributed by atoms with Crippen molar-refractivity contribution in [2.24, 2.45) is 0 Å². The molecule has 1 fully saturated rings. The Morgan fingerprint density at radius 3 is 1.79 bits per heavy atom. The molecule has 12 heteroatoms. The molecule has 0 aromatic rings. The van der Waals surface area contributed by atoms with Gasteiger partial charge >= 0.3 is 19.8 Å². The molecule has 0 aromatic carbocycles. The zero-order chi connectivity index (χ0) is 42.4. The Bertz CT molecular complexity index is 1170. The second-order valence-corrected chi connectivity index (χ2v) is 16.9. The number of phosphoric ester groups is 1.